The number of piperidine rings is 1. The molecular formula is C20H33N3O2. The second-order valence-electron chi connectivity index (χ2n) is 7.74. The van der Waals surface area contributed by atoms with E-state index >= 15 is 0 Å². The maximum absolute atomic E-state index is 12.8. The zero-order valence-corrected chi connectivity index (χ0v) is 16.1. The van der Waals surface area contributed by atoms with Gasteiger partial charge in [0.1, 0.15) is 0 Å². The van der Waals surface area contributed by atoms with Crippen LogP contribution in [0.5, 0.6) is 0 Å². The van der Waals surface area contributed by atoms with Crippen molar-refractivity contribution in [3.05, 3.63) is 35.4 Å². The molecule has 1 saturated heterocycles. The van der Waals surface area contributed by atoms with Crippen LogP contribution in [-0.2, 0) is 11.3 Å². The Labute approximate surface area is 152 Å². The van der Waals surface area contributed by atoms with Crippen LogP contribution in [0.4, 0.5) is 0 Å². The van der Waals surface area contributed by atoms with Crippen molar-refractivity contribution >= 4 is 5.91 Å². The van der Waals surface area contributed by atoms with E-state index < -0.39 is 5.60 Å². The Morgan fingerprint density at radius 2 is 1.96 bits per heavy atom. The largest absolute Gasteiger partial charge is 0.379 e. The van der Waals surface area contributed by atoms with Gasteiger partial charge in [0.2, 0.25) is 0 Å². The topological polar surface area (TPSA) is 55.8 Å². The Kier molecular flexibility index (Phi) is 6.99. The molecule has 0 saturated carbocycles. The molecule has 1 aliphatic heterocycles. The summed E-state index contributed by atoms with van der Waals surface area (Å²) in [5, 5.41) is 14.0. The SMILES string of the molecule is CC(C)c1ccc(CN2CCC[C@](O)(CNCCN(C)C)C2=O)cc1. The second-order valence-corrected chi connectivity index (χ2v) is 7.74. The molecule has 1 amide bonds. The Balaban J connectivity index is 1.94. The number of rotatable bonds is 8. The standard InChI is InChI=1S/C20H33N3O2/c1-16(2)18-8-6-17(7-9-18)14-23-12-5-10-20(25,19(23)24)15-21-11-13-22(3)4/h6-9,16,21,25H,5,10-15H2,1-4H3/t20-/m0/s1. The van der Waals surface area contributed by atoms with Crippen LogP contribution in [0.15, 0.2) is 24.3 Å². The molecule has 1 heterocycles. The van der Waals surface area contributed by atoms with Gasteiger partial charge < -0.3 is 20.2 Å². The normalized spacial score (nSPS) is 21.4. The smallest absolute Gasteiger partial charge is 0.256 e. The molecule has 25 heavy (non-hydrogen) atoms. The number of nitrogens with zero attached hydrogens (tertiary/aromatic N) is 2. The third kappa shape index (κ3) is 5.53. The number of likely N-dealkylation sites (tertiary alicyclic amines) is 1. The van der Waals surface area contributed by atoms with Crippen LogP contribution in [-0.4, -0.2) is 66.7 Å². The Morgan fingerprint density at radius 1 is 1.28 bits per heavy atom. The number of hydrogen-bond acceptors (Lipinski definition) is 4. The molecule has 140 valence electrons. The van der Waals surface area contributed by atoms with E-state index in [9.17, 15) is 9.90 Å². The Morgan fingerprint density at radius 3 is 2.56 bits per heavy atom. The number of benzene rings is 1. The molecule has 5 heteroatoms. The van der Waals surface area contributed by atoms with Gasteiger partial charge in [0, 0.05) is 32.7 Å². The summed E-state index contributed by atoms with van der Waals surface area (Å²) in [6.45, 7) is 7.60. The minimum absolute atomic E-state index is 0.149. The van der Waals surface area contributed by atoms with E-state index in [1.165, 1.54) is 5.56 Å². The Bertz CT molecular complexity index is 557. The number of amides is 1. The van der Waals surface area contributed by atoms with Crippen molar-refractivity contribution in [1.29, 1.82) is 0 Å². The molecule has 0 aliphatic carbocycles. The Hall–Kier alpha value is -1.43. The third-order valence-corrected chi connectivity index (χ3v) is 4.88. The highest BCUT2D eigenvalue weighted by Gasteiger charge is 2.41. The first-order valence-electron chi connectivity index (χ1n) is 9.28. The van der Waals surface area contributed by atoms with E-state index in [-0.39, 0.29) is 5.91 Å². The number of likely N-dealkylation sites (N-methyl/N-ethyl adjacent to an activating group) is 1. The summed E-state index contributed by atoms with van der Waals surface area (Å²) in [7, 11) is 4.02. The van der Waals surface area contributed by atoms with Crippen LogP contribution in [0.2, 0.25) is 0 Å². The maximum Gasteiger partial charge on any atom is 0.256 e. The number of aliphatic hydroxyl groups is 1. The summed E-state index contributed by atoms with van der Waals surface area (Å²) in [4.78, 5) is 16.6. The monoisotopic (exact) mass is 347 g/mol. The van der Waals surface area contributed by atoms with Gasteiger partial charge in [-0.05, 0) is 44.0 Å². The summed E-state index contributed by atoms with van der Waals surface area (Å²) in [5.74, 6) is 0.355. The minimum atomic E-state index is -1.28. The number of hydrogen-bond donors (Lipinski definition) is 2. The number of nitrogens with one attached hydrogen (secondary N) is 1. The fraction of sp³-hybridized carbons (Fsp3) is 0.650. The fourth-order valence-corrected chi connectivity index (χ4v) is 3.21. The highest BCUT2D eigenvalue weighted by atomic mass is 16.3. The van der Waals surface area contributed by atoms with Crippen LogP contribution in [0.1, 0.15) is 43.7 Å². The van der Waals surface area contributed by atoms with Crippen molar-refractivity contribution in [2.45, 2.75) is 44.8 Å². The molecule has 2 N–H and O–H groups in total. The lowest BCUT2D eigenvalue weighted by atomic mass is 9.91. The molecule has 1 atom stereocenters. The second kappa shape index (κ2) is 8.79. The lowest BCUT2D eigenvalue weighted by Gasteiger charge is -2.38. The van der Waals surface area contributed by atoms with Gasteiger partial charge in [0.25, 0.3) is 5.91 Å². The predicted molar refractivity (Wildman–Crippen MR) is 102 cm³/mol. The average molecular weight is 348 g/mol. The highest BCUT2D eigenvalue weighted by Crippen LogP contribution is 2.24. The zero-order chi connectivity index (χ0) is 18.4. The molecule has 0 unspecified atom stereocenters. The first-order chi connectivity index (χ1) is 11.8. The zero-order valence-electron chi connectivity index (χ0n) is 16.1. The molecule has 0 radical (unpaired) electrons. The van der Waals surface area contributed by atoms with Crippen molar-refractivity contribution in [2.24, 2.45) is 0 Å². The van der Waals surface area contributed by atoms with Crippen LogP contribution in [0, 0.1) is 0 Å². The van der Waals surface area contributed by atoms with Gasteiger partial charge in [0.15, 0.2) is 5.60 Å². The molecule has 5 nitrogen and oxygen atoms in total. The maximum atomic E-state index is 12.8. The molecule has 2 rings (SSSR count). The van der Waals surface area contributed by atoms with Gasteiger partial charge in [-0.2, -0.15) is 0 Å². The first-order valence-corrected chi connectivity index (χ1v) is 9.28. The van der Waals surface area contributed by atoms with E-state index in [0.717, 1.165) is 25.1 Å². The summed E-state index contributed by atoms with van der Waals surface area (Å²) in [5.41, 5.74) is 1.14. The van der Waals surface area contributed by atoms with E-state index in [2.05, 4.69) is 48.3 Å². The molecule has 1 aromatic rings. The molecular weight excluding hydrogens is 314 g/mol. The summed E-state index contributed by atoms with van der Waals surface area (Å²) in [6, 6.07) is 8.43. The molecule has 0 spiro atoms. The van der Waals surface area contributed by atoms with Crippen molar-refractivity contribution in [3.63, 3.8) is 0 Å². The molecule has 1 aromatic carbocycles. The van der Waals surface area contributed by atoms with Gasteiger partial charge >= 0.3 is 0 Å². The fourth-order valence-electron chi connectivity index (χ4n) is 3.21. The van der Waals surface area contributed by atoms with Crippen molar-refractivity contribution in [2.75, 3.05) is 40.3 Å². The quantitative estimate of drug-likeness (QED) is 0.704. The average Bonchev–Trinajstić information content (AvgIpc) is 2.56. The molecule has 1 fully saturated rings. The number of carbonyl (C=O) groups excluding carboxylic acids is 1. The van der Waals surface area contributed by atoms with E-state index in [4.69, 9.17) is 0 Å². The lowest BCUT2D eigenvalue weighted by molar-refractivity contribution is -0.157. The van der Waals surface area contributed by atoms with E-state index in [0.29, 0.717) is 32.0 Å². The van der Waals surface area contributed by atoms with Crippen molar-refractivity contribution in [1.82, 2.24) is 15.1 Å². The number of carbonyl (C=O) groups is 1. The van der Waals surface area contributed by atoms with Gasteiger partial charge in [-0.3, -0.25) is 4.79 Å². The van der Waals surface area contributed by atoms with Crippen molar-refractivity contribution < 1.29 is 9.90 Å². The summed E-state index contributed by atoms with van der Waals surface area (Å²) in [6.07, 6.45) is 1.37. The molecule has 0 bridgehead atoms. The summed E-state index contributed by atoms with van der Waals surface area (Å²) >= 11 is 0. The van der Waals surface area contributed by atoms with Gasteiger partial charge in [-0.1, -0.05) is 38.1 Å². The highest BCUT2D eigenvalue weighted by molar-refractivity contribution is 5.86. The molecule has 0 aromatic heterocycles. The van der Waals surface area contributed by atoms with Crippen LogP contribution >= 0.6 is 0 Å². The first kappa shape index (κ1) is 19.9. The summed E-state index contributed by atoms with van der Waals surface area (Å²) < 4.78 is 0. The van der Waals surface area contributed by atoms with Gasteiger partial charge in [-0.25, -0.2) is 0 Å². The van der Waals surface area contributed by atoms with Gasteiger partial charge in [0.05, 0.1) is 0 Å². The van der Waals surface area contributed by atoms with E-state index in [1.807, 2.05) is 14.1 Å². The van der Waals surface area contributed by atoms with Crippen molar-refractivity contribution in [3.8, 4) is 0 Å². The predicted octanol–water partition coefficient (Wildman–Crippen LogP) is 1.81. The van der Waals surface area contributed by atoms with E-state index in [1.54, 1.807) is 4.90 Å². The van der Waals surface area contributed by atoms with Crippen LogP contribution in [0.3, 0.4) is 0 Å². The molecule has 1 aliphatic rings. The van der Waals surface area contributed by atoms with Gasteiger partial charge in [-0.15, -0.1) is 0 Å². The lowest BCUT2D eigenvalue weighted by Crippen LogP contribution is -2.58. The minimum Gasteiger partial charge on any atom is -0.379 e. The van der Waals surface area contributed by atoms with Crippen LogP contribution < -0.4 is 5.32 Å². The third-order valence-electron chi connectivity index (χ3n) is 4.88. The van der Waals surface area contributed by atoms with Crippen LogP contribution in [0.25, 0.3) is 0 Å².